The normalized spacial score (nSPS) is 11.7. The zero-order chi connectivity index (χ0) is 42.8. The monoisotopic (exact) mass is 833 g/mol. The summed E-state index contributed by atoms with van der Waals surface area (Å²) < 4.78 is 15.6. The number of aromatic nitrogens is 5. The van der Waals surface area contributed by atoms with Crippen LogP contribution in [0.3, 0.4) is 0 Å². The van der Waals surface area contributed by atoms with Crippen molar-refractivity contribution in [2.24, 2.45) is 0 Å². The van der Waals surface area contributed by atoms with Crippen LogP contribution in [0.25, 0.3) is 128 Å². The summed E-state index contributed by atoms with van der Waals surface area (Å²) >= 11 is 0. The molecule has 0 radical (unpaired) electrons. The van der Waals surface area contributed by atoms with Crippen LogP contribution in [0.2, 0.25) is 0 Å². The zero-order valence-electron chi connectivity index (χ0n) is 34.8. The number of nitrogens with zero attached hydrogens (tertiary/aromatic N) is 5. The van der Waals surface area contributed by atoms with Crippen molar-refractivity contribution in [3.05, 3.63) is 212 Å². The lowest BCUT2D eigenvalue weighted by molar-refractivity contribution is 0.621. The summed E-state index contributed by atoms with van der Waals surface area (Å²) in [6.07, 6.45) is 0. The number of rotatable bonds is 7. The first-order valence-corrected chi connectivity index (χ1v) is 21.6. The average Bonchev–Trinajstić information content (AvgIpc) is 4.10. The summed E-state index contributed by atoms with van der Waals surface area (Å²) in [4.78, 5) is 20.9. The van der Waals surface area contributed by atoms with Crippen LogP contribution in [-0.4, -0.2) is 24.5 Å². The summed E-state index contributed by atoms with van der Waals surface area (Å²) in [5, 5.41) is 4.25. The van der Waals surface area contributed by atoms with E-state index in [9.17, 15) is 0 Å². The fourth-order valence-electron chi connectivity index (χ4n) is 9.36. The van der Waals surface area contributed by atoms with Crippen molar-refractivity contribution in [3.8, 4) is 73.6 Å². The smallest absolute Gasteiger partial charge is 0.238 e. The first-order chi connectivity index (χ1) is 32.2. The molecule has 0 amide bonds. The van der Waals surface area contributed by atoms with Crippen molar-refractivity contribution < 1.29 is 8.83 Å². The van der Waals surface area contributed by atoms with Gasteiger partial charge in [0.15, 0.2) is 17.2 Å². The van der Waals surface area contributed by atoms with E-state index in [1.165, 1.54) is 0 Å². The van der Waals surface area contributed by atoms with E-state index >= 15 is 0 Å². The molecule has 0 saturated carbocycles. The Bertz CT molecular complexity index is 3950. The Labute approximate surface area is 372 Å². The van der Waals surface area contributed by atoms with Gasteiger partial charge in [0, 0.05) is 43.8 Å². The van der Waals surface area contributed by atoms with Crippen LogP contribution in [-0.2, 0) is 0 Å². The van der Waals surface area contributed by atoms with Crippen LogP contribution in [0.4, 0.5) is 0 Å². The Morgan fingerprint density at radius 3 is 1.62 bits per heavy atom. The Morgan fingerprint density at radius 2 is 0.846 bits per heavy atom. The quantitative estimate of drug-likeness (QED) is 0.159. The number of hydrogen-bond donors (Lipinski definition) is 0. The Morgan fingerprint density at radius 1 is 0.323 bits per heavy atom. The fraction of sp³-hybridized carbons (Fsp3) is 0. The van der Waals surface area contributed by atoms with Gasteiger partial charge >= 0.3 is 0 Å². The molecule has 0 aliphatic heterocycles. The highest BCUT2D eigenvalue weighted by Gasteiger charge is 2.23. The second kappa shape index (κ2) is 14.9. The van der Waals surface area contributed by atoms with Crippen LogP contribution in [0, 0.1) is 0 Å². The summed E-state index contributed by atoms with van der Waals surface area (Å²) in [6, 6.07) is 72.7. The van der Waals surface area contributed by atoms with Crippen molar-refractivity contribution >= 4 is 54.8 Å². The summed E-state index contributed by atoms with van der Waals surface area (Å²) in [7, 11) is 0. The van der Waals surface area contributed by atoms with E-state index in [-0.39, 0.29) is 0 Å². The van der Waals surface area contributed by atoms with Gasteiger partial charge in [0.2, 0.25) is 11.8 Å². The van der Waals surface area contributed by atoms with Crippen molar-refractivity contribution in [2.45, 2.75) is 0 Å². The maximum Gasteiger partial charge on any atom is 0.238 e. The standard InChI is InChI=1S/C58H35N5O2/c1-4-17-36(18-5-1)41-26-16-34-50-51(41)46-25-10-11-33-49(46)63(50)58-61-55(40-24-12-23-39(35-40)43-28-15-32-48-54(43)65-57(59-48)38-21-8-3-9-22-38)60-56(62-58)47-31-14-30-45-44-29-13-27-42(52(44)64-53(45)47)37-19-6-2-7-20-37/h1-35H. The number of hydrogen-bond acceptors (Lipinski definition) is 6. The second-order valence-electron chi connectivity index (χ2n) is 16.2. The molecular weight excluding hydrogens is 799 g/mol. The number of oxazole rings is 1. The molecular formula is C58H35N5O2. The summed E-state index contributed by atoms with van der Waals surface area (Å²) in [5.74, 6) is 2.09. The van der Waals surface area contributed by atoms with Crippen molar-refractivity contribution in [1.82, 2.24) is 24.5 Å². The molecule has 7 heteroatoms. The first kappa shape index (κ1) is 36.7. The molecule has 0 fully saturated rings. The molecule has 0 spiro atoms. The maximum absolute atomic E-state index is 6.93. The van der Waals surface area contributed by atoms with E-state index in [0.717, 1.165) is 93.7 Å². The lowest BCUT2D eigenvalue weighted by atomic mass is 9.99. The van der Waals surface area contributed by atoms with E-state index in [2.05, 4.69) is 156 Å². The van der Waals surface area contributed by atoms with E-state index in [4.69, 9.17) is 28.8 Å². The minimum absolute atomic E-state index is 0.495. The van der Waals surface area contributed by atoms with Gasteiger partial charge in [0.1, 0.15) is 16.7 Å². The van der Waals surface area contributed by atoms with Gasteiger partial charge in [-0.15, -0.1) is 0 Å². The molecule has 0 saturated heterocycles. The lowest BCUT2D eigenvalue weighted by Crippen LogP contribution is -2.06. The first-order valence-electron chi connectivity index (χ1n) is 21.6. The average molecular weight is 834 g/mol. The molecule has 9 aromatic carbocycles. The zero-order valence-corrected chi connectivity index (χ0v) is 34.8. The molecule has 0 atom stereocenters. The lowest BCUT2D eigenvalue weighted by Gasteiger charge is -2.12. The third-order valence-electron chi connectivity index (χ3n) is 12.3. The Balaban J connectivity index is 1.05. The molecule has 304 valence electrons. The summed E-state index contributed by atoms with van der Waals surface area (Å²) in [6.45, 7) is 0. The highest BCUT2D eigenvalue weighted by Crippen LogP contribution is 2.42. The Hall–Kier alpha value is -8.94. The van der Waals surface area contributed by atoms with Gasteiger partial charge in [-0.1, -0.05) is 170 Å². The molecule has 7 nitrogen and oxygen atoms in total. The van der Waals surface area contributed by atoms with Crippen LogP contribution >= 0.6 is 0 Å². The van der Waals surface area contributed by atoms with Crippen molar-refractivity contribution in [3.63, 3.8) is 0 Å². The number of fused-ring (bicyclic) bond motifs is 7. The predicted octanol–water partition coefficient (Wildman–Crippen LogP) is 15.0. The second-order valence-corrected chi connectivity index (χ2v) is 16.2. The topological polar surface area (TPSA) is 82.8 Å². The fourth-order valence-corrected chi connectivity index (χ4v) is 9.36. The van der Waals surface area contributed by atoms with Gasteiger partial charge in [0.25, 0.3) is 0 Å². The highest BCUT2D eigenvalue weighted by atomic mass is 16.3. The summed E-state index contributed by atoms with van der Waals surface area (Å²) in [5.41, 5.74) is 13.8. The van der Waals surface area contributed by atoms with E-state index in [0.29, 0.717) is 34.7 Å². The van der Waals surface area contributed by atoms with Crippen LogP contribution in [0.1, 0.15) is 0 Å². The van der Waals surface area contributed by atoms with E-state index < -0.39 is 0 Å². The van der Waals surface area contributed by atoms with E-state index in [1.54, 1.807) is 0 Å². The molecule has 0 N–H and O–H groups in total. The Kier molecular flexibility index (Phi) is 8.39. The van der Waals surface area contributed by atoms with Crippen LogP contribution in [0.5, 0.6) is 0 Å². The van der Waals surface area contributed by atoms with Gasteiger partial charge in [-0.05, 0) is 64.7 Å². The van der Waals surface area contributed by atoms with Gasteiger partial charge in [0.05, 0.1) is 16.6 Å². The van der Waals surface area contributed by atoms with Gasteiger partial charge in [-0.2, -0.15) is 9.97 Å². The largest absolute Gasteiger partial charge is 0.455 e. The maximum atomic E-state index is 6.93. The van der Waals surface area contributed by atoms with Gasteiger partial charge < -0.3 is 8.83 Å². The van der Waals surface area contributed by atoms with Crippen LogP contribution < -0.4 is 0 Å². The predicted molar refractivity (Wildman–Crippen MR) is 262 cm³/mol. The van der Waals surface area contributed by atoms with Crippen molar-refractivity contribution in [1.29, 1.82) is 0 Å². The molecule has 13 rings (SSSR count). The molecule has 0 bridgehead atoms. The number of benzene rings is 9. The third kappa shape index (κ3) is 6.05. The highest BCUT2D eigenvalue weighted by molar-refractivity contribution is 6.16. The molecule has 13 aromatic rings. The molecule has 65 heavy (non-hydrogen) atoms. The van der Waals surface area contributed by atoms with E-state index in [1.807, 2.05) is 60.7 Å². The molecule has 0 unspecified atom stereocenters. The molecule has 0 aliphatic carbocycles. The van der Waals surface area contributed by atoms with Gasteiger partial charge in [-0.3, -0.25) is 4.57 Å². The SMILES string of the molecule is c1ccc(-c2nc3cccc(-c4cccc(-c5nc(-c6cccc7c6oc6c(-c8ccccc8)cccc67)nc(-n6c7ccccc7c7c(-c8ccccc8)cccc76)n5)c4)c3o2)cc1. The minimum Gasteiger partial charge on any atom is -0.455 e. The molecule has 4 aromatic heterocycles. The van der Waals surface area contributed by atoms with Gasteiger partial charge in [-0.25, -0.2) is 9.97 Å². The van der Waals surface area contributed by atoms with Crippen molar-refractivity contribution in [2.75, 3.05) is 0 Å². The van der Waals surface area contributed by atoms with Crippen LogP contribution in [0.15, 0.2) is 221 Å². The third-order valence-corrected chi connectivity index (χ3v) is 12.3. The molecule has 4 heterocycles. The minimum atomic E-state index is 0.495. The number of para-hydroxylation sites is 4. The number of furan rings is 1. The molecule has 0 aliphatic rings.